The molecule has 1 heterocycles. The molecule has 108 valence electrons. The Morgan fingerprint density at radius 1 is 1.37 bits per heavy atom. The van der Waals surface area contributed by atoms with E-state index in [2.05, 4.69) is 21.3 Å². The van der Waals surface area contributed by atoms with Crippen LogP contribution in [0.25, 0.3) is 0 Å². The van der Waals surface area contributed by atoms with Crippen LogP contribution in [-0.2, 0) is 11.2 Å². The summed E-state index contributed by atoms with van der Waals surface area (Å²) in [7, 11) is 3.80. The van der Waals surface area contributed by atoms with E-state index in [-0.39, 0.29) is 0 Å². The number of rotatable bonds is 6. The smallest absolute Gasteiger partial charge is 0.205 e. The van der Waals surface area contributed by atoms with Crippen LogP contribution in [0.1, 0.15) is 31.5 Å². The second-order valence-electron chi connectivity index (χ2n) is 5.20. The molecule has 1 N–H and O–H groups in total. The lowest BCUT2D eigenvalue weighted by molar-refractivity contribution is 0.182. The van der Waals surface area contributed by atoms with Gasteiger partial charge in [-0.25, -0.2) is 4.98 Å². The maximum Gasteiger partial charge on any atom is 0.205 e. The van der Waals surface area contributed by atoms with Crippen LogP contribution >= 0.6 is 11.5 Å². The van der Waals surface area contributed by atoms with Gasteiger partial charge in [-0.2, -0.15) is 4.37 Å². The van der Waals surface area contributed by atoms with Crippen molar-refractivity contribution in [2.45, 2.75) is 38.1 Å². The third kappa shape index (κ3) is 3.87. The van der Waals surface area contributed by atoms with E-state index >= 15 is 0 Å². The Labute approximate surface area is 118 Å². The third-order valence-corrected chi connectivity index (χ3v) is 4.76. The van der Waals surface area contributed by atoms with Gasteiger partial charge in [0.2, 0.25) is 5.13 Å². The zero-order valence-electron chi connectivity index (χ0n) is 11.7. The van der Waals surface area contributed by atoms with Crippen LogP contribution in [0.4, 0.5) is 5.13 Å². The van der Waals surface area contributed by atoms with Gasteiger partial charge in [-0.15, -0.1) is 0 Å². The molecule has 0 radical (unpaired) electrons. The lowest BCUT2D eigenvalue weighted by Crippen LogP contribution is -2.35. The summed E-state index contributed by atoms with van der Waals surface area (Å²) < 4.78 is 9.41. The van der Waals surface area contributed by atoms with Crippen LogP contribution in [0.2, 0.25) is 0 Å². The van der Waals surface area contributed by atoms with Crippen molar-refractivity contribution in [3.63, 3.8) is 0 Å². The molecule has 0 aromatic carbocycles. The van der Waals surface area contributed by atoms with Gasteiger partial charge in [0, 0.05) is 44.8 Å². The molecule has 0 spiro atoms. The quantitative estimate of drug-likeness (QED) is 0.862. The minimum atomic E-state index is 0.330. The van der Waals surface area contributed by atoms with Gasteiger partial charge in [-0.05, 0) is 31.6 Å². The molecular formula is C13H23N3O2S. The summed E-state index contributed by atoms with van der Waals surface area (Å²) in [6.45, 7) is 0.998. The summed E-state index contributed by atoms with van der Waals surface area (Å²) in [4.78, 5) is 6.82. The molecule has 0 bridgehead atoms. The zero-order valence-corrected chi connectivity index (χ0v) is 12.5. The van der Waals surface area contributed by atoms with Crippen LogP contribution in [0.3, 0.4) is 0 Å². The molecule has 1 aliphatic rings. The van der Waals surface area contributed by atoms with Gasteiger partial charge in [-0.1, -0.05) is 0 Å². The normalized spacial score (nSPS) is 23.5. The maximum absolute atomic E-state index is 9.17. The van der Waals surface area contributed by atoms with Crippen LogP contribution in [0.15, 0.2) is 0 Å². The number of aliphatic hydroxyl groups excluding tert-OH is 1. The first-order valence-electron chi connectivity index (χ1n) is 6.89. The lowest BCUT2D eigenvalue weighted by atomic mass is 9.86. The van der Waals surface area contributed by atoms with Gasteiger partial charge in [0.1, 0.15) is 5.82 Å². The monoisotopic (exact) mass is 285 g/mol. The summed E-state index contributed by atoms with van der Waals surface area (Å²) in [5.41, 5.74) is 0. The molecule has 6 heteroatoms. The molecule has 0 aliphatic heterocycles. The summed E-state index contributed by atoms with van der Waals surface area (Å²) >= 11 is 1.47. The van der Waals surface area contributed by atoms with Crippen molar-refractivity contribution in [3.05, 3.63) is 5.82 Å². The lowest BCUT2D eigenvalue weighted by Gasteiger charge is -2.33. The fourth-order valence-corrected chi connectivity index (χ4v) is 3.30. The molecular weight excluding hydrogens is 262 g/mol. The first-order valence-corrected chi connectivity index (χ1v) is 7.67. The fraction of sp³-hybridized carbons (Fsp3) is 0.846. The minimum Gasteiger partial charge on any atom is -0.396 e. The number of nitrogens with zero attached hydrogens (tertiary/aromatic N) is 3. The summed E-state index contributed by atoms with van der Waals surface area (Å²) in [5.74, 6) is 1.37. The Kier molecular flexibility index (Phi) is 5.54. The Bertz CT molecular complexity index is 378. The molecule has 1 aliphatic carbocycles. The van der Waals surface area contributed by atoms with Crippen LogP contribution in [0.5, 0.6) is 0 Å². The number of anilines is 1. The highest BCUT2D eigenvalue weighted by atomic mass is 32.1. The molecule has 1 aromatic heterocycles. The molecule has 1 saturated carbocycles. The number of aromatic nitrogens is 2. The number of aliphatic hydroxyl groups is 1. The van der Waals surface area contributed by atoms with Gasteiger partial charge in [0.05, 0.1) is 6.61 Å². The van der Waals surface area contributed by atoms with Crippen molar-refractivity contribution in [1.29, 1.82) is 0 Å². The van der Waals surface area contributed by atoms with Crippen molar-refractivity contribution in [1.82, 2.24) is 9.36 Å². The second-order valence-corrected chi connectivity index (χ2v) is 5.93. The van der Waals surface area contributed by atoms with E-state index in [9.17, 15) is 5.11 Å². The van der Waals surface area contributed by atoms with Crippen molar-refractivity contribution in [2.24, 2.45) is 5.92 Å². The number of methoxy groups -OCH3 is 1. The second kappa shape index (κ2) is 7.17. The average Bonchev–Trinajstić information content (AvgIpc) is 2.93. The van der Waals surface area contributed by atoms with Crippen molar-refractivity contribution in [3.8, 4) is 0 Å². The molecule has 19 heavy (non-hydrogen) atoms. The number of hydrogen-bond donors (Lipinski definition) is 1. The van der Waals surface area contributed by atoms with Gasteiger partial charge in [0.25, 0.3) is 0 Å². The van der Waals surface area contributed by atoms with Crippen LogP contribution in [-0.4, -0.2) is 47.9 Å². The first kappa shape index (κ1) is 14.7. The molecule has 1 fully saturated rings. The minimum absolute atomic E-state index is 0.330. The van der Waals surface area contributed by atoms with Crippen molar-refractivity contribution >= 4 is 16.7 Å². The predicted octanol–water partition coefficient (Wildman–Crippen LogP) is 1.71. The van der Waals surface area contributed by atoms with Crippen molar-refractivity contribution in [2.75, 3.05) is 32.3 Å². The molecule has 0 saturated heterocycles. The van der Waals surface area contributed by atoms with Crippen LogP contribution in [0, 0.1) is 5.92 Å². The van der Waals surface area contributed by atoms with E-state index in [0.717, 1.165) is 43.1 Å². The highest BCUT2D eigenvalue weighted by Gasteiger charge is 2.25. The predicted molar refractivity (Wildman–Crippen MR) is 76.7 cm³/mol. The van der Waals surface area contributed by atoms with Gasteiger partial charge >= 0.3 is 0 Å². The zero-order chi connectivity index (χ0) is 13.7. The van der Waals surface area contributed by atoms with Crippen LogP contribution < -0.4 is 4.90 Å². The van der Waals surface area contributed by atoms with Gasteiger partial charge in [0.15, 0.2) is 0 Å². The van der Waals surface area contributed by atoms with Gasteiger partial charge < -0.3 is 14.7 Å². The Morgan fingerprint density at radius 3 is 2.74 bits per heavy atom. The molecule has 0 amide bonds. The SMILES string of the molecule is COCCc1nsc(N(C)C2CCC(CO)CC2)n1. The first-order chi connectivity index (χ1) is 9.24. The molecule has 0 unspecified atom stereocenters. The van der Waals surface area contributed by atoms with E-state index in [1.165, 1.54) is 11.5 Å². The highest BCUT2D eigenvalue weighted by Crippen LogP contribution is 2.30. The summed E-state index contributed by atoms with van der Waals surface area (Å²) in [5, 5.41) is 10.2. The third-order valence-electron chi connectivity index (χ3n) is 3.91. The standard InChI is InChI=1S/C13H23N3O2S/c1-16(11-5-3-10(9-17)4-6-11)13-14-12(15-19-13)7-8-18-2/h10-11,17H,3-9H2,1-2H3. The summed E-state index contributed by atoms with van der Waals surface area (Å²) in [6.07, 6.45) is 5.27. The maximum atomic E-state index is 9.17. The Hall–Kier alpha value is -0.720. The fourth-order valence-electron chi connectivity index (χ4n) is 2.55. The van der Waals surface area contributed by atoms with E-state index in [0.29, 0.717) is 25.2 Å². The molecule has 1 aromatic rings. The van der Waals surface area contributed by atoms with E-state index < -0.39 is 0 Å². The van der Waals surface area contributed by atoms with Gasteiger partial charge in [-0.3, -0.25) is 0 Å². The van der Waals surface area contributed by atoms with E-state index in [1.807, 2.05) is 0 Å². The number of ether oxygens (including phenoxy) is 1. The molecule has 2 rings (SSSR count). The molecule has 5 nitrogen and oxygen atoms in total. The number of hydrogen-bond acceptors (Lipinski definition) is 6. The topological polar surface area (TPSA) is 58.5 Å². The van der Waals surface area contributed by atoms with Crippen molar-refractivity contribution < 1.29 is 9.84 Å². The van der Waals surface area contributed by atoms with E-state index in [1.54, 1.807) is 7.11 Å². The average molecular weight is 285 g/mol. The van der Waals surface area contributed by atoms with E-state index in [4.69, 9.17) is 4.74 Å². The summed E-state index contributed by atoms with van der Waals surface area (Å²) in [6, 6.07) is 0.533. The Balaban J connectivity index is 1.88. The highest BCUT2D eigenvalue weighted by molar-refractivity contribution is 7.09. The largest absolute Gasteiger partial charge is 0.396 e. The molecule has 0 atom stereocenters. The Morgan fingerprint density at radius 2 is 2.11 bits per heavy atom.